The monoisotopic (exact) mass is 754 g/mol. The van der Waals surface area contributed by atoms with E-state index in [1.165, 1.54) is 116 Å². The molecule has 0 saturated heterocycles. The summed E-state index contributed by atoms with van der Waals surface area (Å²) in [5.74, 6) is 0. The lowest BCUT2D eigenvalue weighted by molar-refractivity contribution is -0.871. The predicted molar refractivity (Wildman–Crippen MR) is 155 cm³/mol. The zero-order valence-electron chi connectivity index (χ0n) is 26.5. The average Bonchev–Trinajstić information content (AvgIpc) is 2.75. The van der Waals surface area contributed by atoms with E-state index in [9.17, 15) is 0 Å². The SMILES string of the molecule is CCCCCCCCOCC(CCC[N+](C)(C)C)(CCC[N+](C)(C)C)COCCCCCCCC.[I-].[I-]. The fourth-order valence-electron chi connectivity index (χ4n) is 4.86. The molecule has 0 aromatic carbocycles. The van der Waals surface area contributed by atoms with Crippen LogP contribution in [0.15, 0.2) is 0 Å². The van der Waals surface area contributed by atoms with Crippen LogP contribution < -0.4 is 48.0 Å². The molecule has 0 spiro atoms. The first kappa shape index (κ1) is 42.8. The highest BCUT2D eigenvalue weighted by Crippen LogP contribution is 2.32. The molecular formula is C31H68I2N2O2. The molecule has 0 fully saturated rings. The fraction of sp³-hybridized carbons (Fsp3) is 1.00. The maximum absolute atomic E-state index is 6.40. The molecule has 0 atom stereocenters. The van der Waals surface area contributed by atoms with Crippen LogP contribution in [0.3, 0.4) is 0 Å². The summed E-state index contributed by atoms with van der Waals surface area (Å²) in [6.07, 6.45) is 20.8. The van der Waals surface area contributed by atoms with Gasteiger partial charge in [0.05, 0.1) is 68.6 Å². The molecule has 0 aliphatic heterocycles. The van der Waals surface area contributed by atoms with E-state index in [-0.39, 0.29) is 53.4 Å². The van der Waals surface area contributed by atoms with Gasteiger partial charge in [-0.3, -0.25) is 0 Å². The third kappa shape index (κ3) is 30.1. The van der Waals surface area contributed by atoms with Crippen molar-refractivity contribution in [3.63, 3.8) is 0 Å². The molecule has 0 N–H and O–H groups in total. The Morgan fingerprint density at radius 3 is 1.11 bits per heavy atom. The summed E-state index contributed by atoms with van der Waals surface area (Å²) in [7, 11) is 13.9. The quantitative estimate of drug-likeness (QED) is 0.0762. The van der Waals surface area contributed by atoms with Gasteiger partial charge in [0.2, 0.25) is 0 Å². The summed E-state index contributed by atoms with van der Waals surface area (Å²) < 4.78 is 14.9. The second-order valence-corrected chi connectivity index (χ2v) is 13.4. The van der Waals surface area contributed by atoms with Crippen molar-refractivity contribution in [1.82, 2.24) is 0 Å². The summed E-state index contributed by atoms with van der Waals surface area (Å²) in [6.45, 7) is 10.6. The molecule has 0 aromatic heterocycles. The molecule has 0 aromatic rings. The number of hydrogen-bond acceptors (Lipinski definition) is 2. The smallest absolute Gasteiger partial charge is 0.0780 e. The number of ether oxygens (including phenoxy) is 2. The van der Waals surface area contributed by atoms with Crippen molar-refractivity contribution in [2.75, 3.05) is 81.8 Å². The van der Waals surface area contributed by atoms with Gasteiger partial charge in [-0.2, -0.15) is 0 Å². The molecule has 0 rings (SSSR count). The number of nitrogens with zero attached hydrogens (tertiary/aromatic N) is 2. The molecule has 0 amide bonds. The van der Waals surface area contributed by atoms with Gasteiger partial charge in [0.25, 0.3) is 0 Å². The van der Waals surface area contributed by atoms with Crippen molar-refractivity contribution in [2.45, 2.75) is 117 Å². The maximum Gasteiger partial charge on any atom is 0.0780 e. The van der Waals surface area contributed by atoms with Gasteiger partial charge in [-0.25, -0.2) is 0 Å². The van der Waals surface area contributed by atoms with E-state index in [0.29, 0.717) is 0 Å². The summed E-state index contributed by atoms with van der Waals surface area (Å²) in [5.41, 5.74) is 0.161. The normalized spacial score (nSPS) is 12.3. The van der Waals surface area contributed by atoms with Crippen molar-refractivity contribution in [2.24, 2.45) is 5.41 Å². The molecule has 6 heteroatoms. The number of unbranched alkanes of at least 4 members (excludes halogenated alkanes) is 10. The van der Waals surface area contributed by atoms with Crippen LogP contribution in [0.25, 0.3) is 0 Å². The molecule has 0 saturated carbocycles. The lowest BCUT2D eigenvalue weighted by Crippen LogP contribution is -3.00. The molecule has 0 aliphatic rings. The average molecular weight is 755 g/mol. The Hall–Kier alpha value is 1.30. The van der Waals surface area contributed by atoms with Gasteiger partial charge in [0, 0.05) is 18.6 Å². The van der Waals surface area contributed by atoms with Gasteiger partial charge in [-0.1, -0.05) is 78.1 Å². The van der Waals surface area contributed by atoms with Crippen LogP contribution in [0.4, 0.5) is 0 Å². The number of halogens is 2. The molecule has 4 nitrogen and oxygen atoms in total. The summed E-state index contributed by atoms with van der Waals surface area (Å²) >= 11 is 0. The van der Waals surface area contributed by atoms with Crippen LogP contribution in [0.5, 0.6) is 0 Å². The van der Waals surface area contributed by atoms with Crippen LogP contribution >= 0.6 is 0 Å². The molecule has 228 valence electrons. The molecular weight excluding hydrogens is 686 g/mol. The Labute approximate surface area is 268 Å². The van der Waals surface area contributed by atoms with Gasteiger partial charge >= 0.3 is 0 Å². The van der Waals surface area contributed by atoms with E-state index in [1.54, 1.807) is 0 Å². The van der Waals surface area contributed by atoms with Crippen molar-refractivity contribution >= 4 is 0 Å². The highest BCUT2D eigenvalue weighted by atomic mass is 127. The van der Waals surface area contributed by atoms with Crippen LogP contribution in [0.2, 0.25) is 0 Å². The first-order valence-electron chi connectivity index (χ1n) is 15.3. The Kier molecular flexibility index (Phi) is 30.3. The van der Waals surface area contributed by atoms with E-state index in [0.717, 1.165) is 35.4 Å². The van der Waals surface area contributed by atoms with Crippen molar-refractivity contribution in [1.29, 1.82) is 0 Å². The topological polar surface area (TPSA) is 18.5 Å². The zero-order valence-corrected chi connectivity index (χ0v) is 30.8. The summed E-state index contributed by atoms with van der Waals surface area (Å²) in [5, 5.41) is 0. The maximum atomic E-state index is 6.40. The van der Waals surface area contributed by atoms with E-state index in [1.807, 2.05) is 0 Å². The van der Waals surface area contributed by atoms with Crippen molar-refractivity contribution in [3.05, 3.63) is 0 Å². The van der Waals surface area contributed by atoms with Crippen molar-refractivity contribution in [3.8, 4) is 0 Å². The lowest BCUT2D eigenvalue weighted by atomic mass is 9.80. The Morgan fingerprint density at radius 1 is 0.459 bits per heavy atom. The van der Waals surface area contributed by atoms with E-state index in [2.05, 4.69) is 56.1 Å². The minimum absolute atomic E-state index is 0. The van der Waals surface area contributed by atoms with E-state index in [4.69, 9.17) is 9.47 Å². The minimum Gasteiger partial charge on any atom is -1.00 e. The zero-order chi connectivity index (χ0) is 26.5. The molecule has 0 radical (unpaired) electrons. The largest absolute Gasteiger partial charge is 1.00 e. The number of quaternary nitrogens is 2. The van der Waals surface area contributed by atoms with Crippen LogP contribution in [-0.4, -0.2) is 90.8 Å². The predicted octanol–water partition coefficient (Wildman–Crippen LogP) is 1.71. The molecule has 37 heavy (non-hydrogen) atoms. The fourth-order valence-corrected chi connectivity index (χ4v) is 4.86. The van der Waals surface area contributed by atoms with E-state index < -0.39 is 0 Å². The lowest BCUT2D eigenvalue weighted by Gasteiger charge is -2.36. The second kappa shape index (κ2) is 26.2. The van der Waals surface area contributed by atoms with Crippen molar-refractivity contribution < 1.29 is 66.4 Å². The second-order valence-electron chi connectivity index (χ2n) is 13.4. The number of hydrogen-bond donors (Lipinski definition) is 0. The highest BCUT2D eigenvalue weighted by Gasteiger charge is 2.32. The highest BCUT2D eigenvalue weighted by molar-refractivity contribution is 4.80. The van der Waals surface area contributed by atoms with Gasteiger partial charge in [0.15, 0.2) is 0 Å². The molecule has 0 unspecified atom stereocenters. The Bertz CT molecular complexity index is 423. The Morgan fingerprint density at radius 2 is 0.784 bits per heavy atom. The van der Waals surface area contributed by atoms with Crippen LogP contribution in [0, 0.1) is 5.41 Å². The van der Waals surface area contributed by atoms with Crippen LogP contribution in [0.1, 0.15) is 117 Å². The number of rotatable bonds is 26. The van der Waals surface area contributed by atoms with E-state index >= 15 is 0 Å². The minimum atomic E-state index is 0. The van der Waals surface area contributed by atoms with Crippen LogP contribution in [-0.2, 0) is 9.47 Å². The first-order chi connectivity index (χ1) is 16.5. The van der Waals surface area contributed by atoms with Gasteiger partial charge in [-0.05, 0) is 38.5 Å². The third-order valence-electron chi connectivity index (χ3n) is 7.17. The third-order valence-corrected chi connectivity index (χ3v) is 7.17. The van der Waals surface area contributed by atoms with Gasteiger partial charge in [-0.15, -0.1) is 0 Å². The summed E-state index contributed by atoms with van der Waals surface area (Å²) in [6, 6.07) is 0. The standard InChI is InChI=1S/C31H68N2O2.2HI/c1-9-11-13-15-17-19-27-34-29-31(23-21-25-32(3,4)5,24-22-26-33(6,7)8)30-35-28-20-18-16-14-12-10-2;;/h9-30H2,1-8H3;2*1H/q+2;;/p-2. The molecule has 0 bridgehead atoms. The molecule has 0 aliphatic carbocycles. The Balaban J connectivity index is -0.00000578. The molecule has 0 heterocycles. The van der Waals surface area contributed by atoms with Gasteiger partial charge in [0.1, 0.15) is 0 Å². The first-order valence-corrected chi connectivity index (χ1v) is 15.3. The van der Waals surface area contributed by atoms with Gasteiger partial charge < -0.3 is 66.4 Å². The summed E-state index contributed by atoms with van der Waals surface area (Å²) in [4.78, 5) is 0.